The second kappa shape index (κ2) is 6.53. The molecule has 0 aliphatic heterocycles. The van der Waals surface area contributed by atoms with E-state index in [2.05, 4.69) is 9.69 Å². The van der Waals surface area contributed by atoms with Crippen LogP contribution in [0.25, 0.3) is 5.69 Å². The third-order valence-corrected chi connectivity index (χ3v) is 3.93. The molecule has 0 spiro atoms. The average Bonchev–Trinajstić information content (AvgIpc) is 2.95. The van der Waals surface area contributed by atoms with Gasteiger partial charge in [0.2, 0.25) is 10.7 Å². The van der Waals surface area contributed by atoms with Gasteiger partial charge in [-0.2, -0.15) is 4.37 Å². The highest BCUT2D eigenvalue weighted by atomic mass is 32.1. The van der Waals surface area contributed by atoms with E-state index in [1.54, 1.807) is 18.8 Å². The molecule has 0 amide bonds. The molecule has 6 nitrogen and oxygen atoms in total. The second-order valence-electron chi connectivity index (χ2n) is 4.64. The van der Waals surface area contributed by atoms with Crippen molar-refractivity contribution in [2.75, 3.05) is 19.5 Å². The first kappa shape index (κ1) is 15.1. The van der Waals surface area contributed by atoms with Crippen molar-refractivity contribution in [2.24, 2.45) is 0 Å². The Kier molecular flexibility index (Phi) is 4.29. The van der Waals surface area contributed by atoms with Gasteiger partial charge >= 0.3 is 0 Å². The minimum absolute atomic E-state index is 0.298. The van der Waals surface area contributed by atoms with Crippen molar-refractivity contribution >= 4 is 23.2 Å². The van der Waals surface area contributed by atoms with Gasteiger partial charge in [0.25, 0.3) is 0 Å². The van der Waals surface area contributed by atoms with E-state index in [4.69, 9.17) is 14.9 Å². The quantitative estimate of drug-likeness (QED) is 0.754. The van der Waals surface area contributed by atoms with E-state index in [-0.39, 0.29) is 0 Å². The summed E-state index contributed by atoms with van der Waals surface area (Å²) in [6.07, 6.45) is 0. The number of hydrogen-bond donors (Lipinski definition) is 2. The molecule has 0 unspecified atom stereocenters. The zero-order valence-electron chi connectivity index (χ0n) is 12.7. The Labute approximate surface area is 137 Å². The molecule has 0 saturated heterocycles. The van der Waals surface area contributed by atoms with Gasteiger partial charge in [-0.25, -0.2) is 0 Å². The van der Waals surface area contributed by atoms with Crippen LogP contribution in [0, 0.1) is 5.41 Å². The molecule has 0 saturated carbocycles. The molecule has 23 heavy (non-hydrogen) atoms. The number of hydrogen-bond acceptors (Lipinski definition) is 6. The summed E-state index contributed by atoms with van der Waals surface area (Å²) in [5, 5.41) is 11.4. The molecule has 3 rings (SSSR count). The molecular formula is C16H16N4O2S. The van der Waals surface area contributed by atoms with Crippen molar-refractivity contribution in [1.29, 1.82) is 5.41 Å². The van der Waals surface area contributed by atoms with Crippen LogP contribution in [0.3, 0.4) is 0 Å². The first-order valence-corrected chi connectivity index (χ1v) is 7.68. The van der Waals surface area contributed by atoms with Crippen LogP contribution < -0.4 is 19.6 Å². The molecule has 7 heteroatoms. The minimum atomic E-state index is 0.298. The molecule has 2 aromatic carbocycles. The maximum atomic E-state index is 8.16. The predicted molar refractivity (Wildman–Crippen MR) is 90.1 cm³/mol. The highest BCUT2D eigenvalue weighted by Gasteiger charge is 2.14. The zero-order valence-corrected chi connectivity index (χ0v) is 13.6. The third kappa shape index (κ3) is 2.91. The topological polar surface area (TPSA) is 72.2 Å². The Morgan fingerprint density at radius 2 is 1.65 bits per heavy atom. The Bertz CT molecular complexity index is 872. The van der Waals surface area contributed by atoms with E-state index in [1.807, 2.05) is 48.5 Å². The first-order chi connectivity index (χ1) is 11.2. The molecule has 3 aromatic rings. The van der Waals surface area contributed by atoms with Crippen molar-refractivity contribution < 1.29 is 9.47 Å². The molecule has 0 aliphatic rings. The van der Waals surface area contributed by atoms with E-state index in [9.17, 15) is 0 Å². The summed E-state index contributed by atoms with van der Waals surface area (Å²) in [5.74, 6) is 1.92. The number of anilines is 2. The van der Waals surface area contributed by atoms with Crippen LogP contribution in [0.4, 0.5) is 11.6 Å². The van der Waals surface area contributed by atoms with Gasteiger partial charge in [-0.15, -0.1) is 0 Å². The average molecular weight is 328 g/mol. The van der Waals surface area contributed by atoms with E-state index >= 15 is 0 Å². The van der Waals surface area contributed by atoms with Crippen LogP contribution in [0.15, 0.2) is 48.5 Å². The number of methoxy groups -OCH3 is 2. The smallest absolute Gasteiger partial charge is 0.225 e. The van der Waals surface area contributed by atoms with Crippen LogP contribution in [0.2, 0.25) is 0 Å². The first-order valence-electron chi connectivity index (χ1n) is 6.91. The van der Waals surface area contributed by atoms with Crippen LogP contribution in [0.1, 0.15) is 0 Å². The van der Waals surface area contributed by atoms with Gasteiger partial charge in [-0.05, 0) is 24.3 Å². The van der Waals surface area contributed by atoms with E-state index in [0.717, 1.165) is 22.9 Å². The van der Waals surface area contributed by atoms with E-state index < -0.39 is 0 Å². The normalized spacial score (nSPS) is 10.3. The summed E-state index contributed by atoms with van der Waals surface area (Å²) < 4.78 is 16.8. The molecule has 0 atom stereocenters. The minimum Gasteiger partial charge on any atom is -0.495 e. The van der Waals surface area contributed by atoms with Gasteiger partial charge in [-0.3, -0.25) is 9.98 Å². The lowest BCUT2D eigenvalue weighted by Gasteiger charge is -2.13. The number of rotatable bonds is 5. The third-order valence-electron chi connectivity index (χ3n) is 3.31. The van der Waals surface area contributed by atoms with Crippen molar-refractivity contribution in [1.82, 2.24) is 8.94 Å². The van der Waals surface area contributed by atoms with Crippen LogP contribution in [-0.4, -0.2) is 23.2 Å². The fourth-order valence-corrected chi connectivity index (χ4v) is 2.82. The van der Waals surface area contributed by atoms with Gasteiger partial charge in [0, 0.05) is 11.5 Å². The zero-order chi connectivity index (χ0) is 16.2. The van der Waals surface area contributed by atoms with Gasteiger partial charge in [0.05, 0.1) is 25.6 Å². The van der Waals surface area contributed by atoms with Crippen LogP contribution >= 0.6 is 11.5 Å². The van der Waals surface area contributed by atoms with Crippen LogP contribution in [0.5, 0.6) is 11.5 Å². The summed E-state index contributed by atoms with van der Waals surface area (Å²) in [5.41, 5.74) is 1.54. The van der Waals surface area contributed by atoms with Gasteiger partial charge in [0.1, 0.15) is 11.5 Å². The van der Waals surface area contributed by atoms with Crippen molar-refractivity contribution in [2.45, 2.75) is 0 Å². The van der Waals surface area contributed by atoms with Crippen molar-refractivity contribution in [3.8, 4) is 17.2 Å². The highest BCUT2D eigenvalue weighted by Crippen LogP contribution is 2.29. The van der Waals surface area contributed by atoms with Crippen molar-refractivity contribution in [3.63, 3.8) is 0 Å². The fourth-order valence-electron chi connectivity index (χ4n) is 2.25. The molecule has 0 radical (unpaired) electrons. The molecule has 0 fully saturated rings. The molecule has 1 aromatic heterocycles. The summed E-state index contributed by atoms with van der Waals surface area (Å²) in [4.78, 5) is 0.298. The maximum Gasteiger partial charge on any atom is 0.225 e. The molecule has 0 aliphatic carbocycles. The lowest BCUT2D eigenvalue weighted by molar-refractivity contribution is 0.412. The molecule has 118 valence electrons. The summed E-state index contributed by atoms with van der Waals surface area (Å²) in [6.45, 7) is 0. The highest BCUT2D eigenvalue weighted by molar-refractivity contribution is 7.03. The summed E-state index contributed by atoms with van der Waals surface area (Å²) >= 11 is 1.10. The van der Waals surface area contributed by atoms with E-state index in [1.165, 1.54) is 0 Å². The fraction of sp³-hybridized carbons (Fsp3) is 0.125. The van der Waals surface area contributed by atoms with E-state index in [0.29, 0.717) is 22.2 Å². The van der Waals surface area contributed by atoms with Gasteiger partial charge in [-0.1, -0.05) is 24.3 Å². The predicted octanol–water partition coefficient (Wildman–Crippen LogP) is 3.17. The Morgan fingerprint density at radius 1 is 1.00 bits per heavy atom. The number of benzene rings is 2. The Hall–Kier alpha value is -2.80. The monoisotopic (exact) mass is 328 g/mol. The number of nitrogens with one attached hydrogen (secondary N) is 2. The molecule has 1 heterocycles. The second-order valence-corrected chi connectivity index (χ2v) is 5.40. The lowest BCUT2D eigenvalue weighted by atomic mass is 10.3. The SMILES string of the molecule is COc1ccccc1Nc1nsc(=N)n1-c1ccccc1OC. The largest absolute Gasteiger partial charge is 0.495 e. The van der Waals surface area contributed by atoms with Crippen LogP contribution in [-0.2, 0) is 0 Å². The molecular weight excluding hydrogens is 312 g/mol. The summed E-state index contributed by atoms with van der Waals surface area (Å²) in [7, 11) is 3.22. The van der Waals surface area contributed by atoms with Crippen molar-refractivity contribution in [3.05, 3.63) is 53.3 Å². The van der Waals surface area contributed by atoms with Gasteiger partial charge in [0.15, 0.2) is 0 Å². The number of aromatic nitrogens is 2. The molecule has 2 N–H and O–H groups in total. The van der Waals surface area contributed by atoms with Gasteiger partial charge < -0.3 is 14.8 Å². The Morgan fingerprint density at radius 3 is 2.39 bits per heavy atom. The number of para-hydroxylation sites is 4. The number of nitrogens with zero attached hydrogens (tertiary/aromatic N) is 2. The lowest BCUT2D eigenvalue weighted by Crippen LogP contribution is -2.14. The molecule has 0 bridgehead atoms. The maximum absolute atomic E-state index is 8.16. The standard InChI is InChI=1S/C16H16N4O2S/c1-21-13-9-5-3-7-11(13)18-16-19-23-15(17)20(16)12-8-4-6-10-14(12)22-2/h3-10,17H,1-2H3,(H,18,19). The Balaban J connectivity index is 2.08. The summed E-state index contributed by atoms with van der Waals surface area (Å²) in [6, 6.07) is 15.1. The number of ether oxygens (including phenoxy) is 2.